The normalized spacial score (nSPS) is 20.4. The molecule has 1 aromatic rings. The summed E-state index contributed by atoms with van der Waals surface area (Å²) < 4.78 is 0. The Morgan fingerprint density at radius 2 is 2.00 bits per heavy atom. The average Bonchev–Trinajstić information content (AvgIpc) is 2.83. The number of hydrogen-bond donors (Lipinski definition) is 0. The van der Waals surface area contributed by atoms with Crippen molar-refractivity contribution in [3.8, 4) is 0 Å². The van der Waals surface area contributed by atoms with E-state index in [-0.39, 0.29) is 0 Å². The molecule has 3 rings (SSSR count). The molecule has 2 atom stereocenters. The molecule has 1 aliphatic carbocycles. The summed E-state index contributed by atoms with van der Waals surface area (Å²) in [5.74, 6) is 1.09. The summed E-state index contributed by atoms with van der Waals surface area (Å²) in [6, 6.07) is 7.12. The van der Waals surface area contributed by atoms with Crippen LogP contribution in [0.5, 0.6) is 0 Å². The van der Waals surface area contributed by atoms with Gasteiger partial charge in [0.25, 0.3) is 0 Å². The first-order chi connectivity index (χ1) is 13.1. The van der Waals surface area contributed by atoms with Crippen molar-refractivity contribution in [2.45, 2.75) is 78.1 Å². The van der Waals surface area contributed by atoms with E-state index in [9.17, 15) is 0 Å². The second kappa shape index (κ2) is 9.68. The van der Waals surface area contributed by atoms with E-state index in [1.54, 1.807) is 16.7 Å². The molecule has 0 bridgehead atoms. The van der Waals surface area contributed by atoms with Crippen molar-refractivity contribution in [1.29, 1.82) is 0 Å². The SMILES string of the molecule is CCCCCN(C)CCC(C)C1C2=C(CCC=N2)CCc2cc(C)ccc21. The number of unbranched alkanes of at least 4 members (excludes halogenated alkanes) is 2. The van der Waals surface area contributed by atoms with E-state index in [0.717, 1.165) is 6.42 Å². The van der Waals surface area contributed by atoms with Crippen LogP contribution in [-0.4, -0.2) is 31.3 Å². The fraction of sp³-hybridized carbons (Fsp3) is 0.640. The first kappa shape index (κ1) is 20.3. The number of nitrogens with zero attached hydrogens (tertiary/aromatic N) is 2. The molecule has 148 valence electrons. The topological polar surface area (TPSA) is 15.6 Å². The van der Waals surface area contributed by atoms with Crippen molar-refractivity contribution in [2.24, 2.45) is 10.9 Å². The van der Waals surface area contributed by atoms with Gasteiger partial charge in [-0.15, -0.1) is 0 Å². The van der Waals surface area contributed by atoms with Crippen molar-refractivity contribution in [3.63, 3.8) is 0 Å². The summed E-state index contributed by atoms with van der Waals surface area (Å²) >= 11 is 0. The molecule has 2 nitrogen and oxygen atoms in total. The molecular weight excluding hydrogens is 328 g/mol. The van der Waals surface area contributed by atoms with Crippen LogP contribution in [0.3, 0.4) is 0 Å². The third-order valence-electron chi connectivity index (χ3n) is 6.47. The zero-order valence-electron chi connectivity index (χ0n) is 17.9. The largest absolute Gasteiger partial charge is 0.306 e. The molecule has 0 aromatic heterocycles. The van der Waals surface area contributed by atoms with E-state index in [2.05, 4.69) is 57.1 Å². The number of allylic oxidation sites excluding steroid dienone is 2. The molecular formula is C25H38N2. The zero-order valence-corrected chi connectivity index (χ0v) is 17.9. The van der Waals surface area contributed by atoms with E-state index in [1.165, 1.54) is 69.3 Å². The Morgan fingerprint density at radius 3 is 2.81 bits per heavy atom. The monoisotopic (exact) mass is 366 g/mol. The summed E-state index contributed by atoms with van der Waals surface area (Å²) in [5, 5.41) is 0. The minimum Gasteiger partial charge on any atom is -0.306 e. The number of fused-ring (bicyclic) bond motifs is 1. The van der Waals surface area contributed by atoms with Crippen LogP contribution in [0.15, 0.2) is 34.5 Å². The standard InChI is InChI=1S/C25H38N2/c1-5-6-7-16-27(4)17-14-20(3)24-23-13-10-19(2)18-22(23)12-11-21-9-8-15-26-25(21)24/h10,13,15,18,20,24H,5-9,11-12,14,16-17H2,1-4H3. The fourth-order valence-electron chi connectivity index (χ4n) is 4.77. The smallest absolute Gasteiger partial charge is 0.0469 e. The Bertz CT molecular complexity index is 686. The third kappa shape index (κ3) is 5.10. The highest BCUT2D eigenvalue weighted by Gasteiger charge is 2.30. The van der Waals surface area contributed by atoms with Gasteiger partial charge in [-0.2, -0.15) is 0 Å². The van der Waals surface area contributed by atoms with Gasteiger partial charge in [-0.1, -0.05) is 50.5 Å². The maximum absolute atomic E-state index is 4.96. The van der Waals surface area contributed by atoms with Gasteiger partial charge in [-0.25, -0.2) is 0 Å². The van der Waals surface area contributed by atoms with Gasteiger partial charge in [-0.3, -0.25) is 4.99 Å². The summed E-state index contributed by atoms with van der Waals surface area (Å²) in [5.41, 5.74) is 7.53. The van der Waals surface area contributed by atoms with Crippen LogP contribution in [-0.2, 0) is 6.42 Å². The van der Waals surface area contributed by atoms with Crippen LogP contribution in [0, 0.1) is 12.8 Å². The lowest BCUT2D eigenvalue weighted by Crippen LogP contribution is -2.25. The van der Waals surface area contributed by atoms with Crippen molar-refractivity contribution >= 4 is 6.21 Å². The molecule has 0 saturated carbocycles. The number of benzene rings is 1. The van der Waals surface area contributed by atoms with Gasteiger partial charge in [0.15, 0.2) is 0 Å². The molecule has 0 amide bonds. The molecule has 0 fully saturated rings. The molecule has 0 N–H and O–H groups in total. The predicted octanol–water partition coefficient (Wildman–Crippen LogP) is 6.29. The van der Waals surface area contributed by atoms with Gasteiger partial charge in [0, 0.05) is 17.8 Å². The molecule has 0 saturated heterocycles. The molecule has 1 aliphatic heterocycles. The van der Waals surface area contributed by atoms with Gasteiger partial charge < -0.3 is 4.90 Å². The molecule has 2 aliphatic rings. The summed E-state index contributed by atoms with van der Waals surface area (Å²) in [7, 11) is 2.29. The van der Waals surface area contributed by atoms with Gasteiger partial charge in [0.2, 0.25) is 0 Å². The Balaban J connectivity index is 1.78. The lowest BCUT2D eigenvalue weighted by Gasteiger charge is -2.29. The van der Waals surface area contributed by atoms with Crippen LogP contribution >= 0.6 is 0 Å². The lowest BCUT2D eigenvalue weighted by atomic mass is 9.79. The van der Waals surface area contributed by atoms with Crippen molar-refractivity contribution in [1.82, 2.24) is 4.90 Å². The van der Waals surface area contributed by atoms with E-state index >= 15 is 0 Å². The van der Waals surface area contributed by atoms with E-state index in [1.807, 2.05) is 0 Å². The molecule has 27 heavy (non-hydrogen) atoms. The van der Waals surface area contributed by atoms with Crippen LogP contribution in [0.4, 0.5) is 0 Å². The molecule has 2 unspecified atom stereocenters. The molecule has 0 radical (unpaired) electrons. The number of aryl methyl sites for hydroxylation is 2. The maximum Gasteiger partial charge on any atom is 0.0469 e. The van der Waals surface area contributed by atoms with Crippen molar-refractivity contribution in [2.75, 3.05) is 20.1 Å². The number of hydrogen-bond acceptors (Lipinski definition) is 2. The van der Waals surface area contributed by atoms with E-state index in [0.29, 0.717) is 11.8 Å². The van der Waals surface area contributed by atoms with Gasteiger partial charge in [-0.05, 0) is 88.2 Å². The highest BCUT2D eigenvalue weighted by molar-refractivity contribution is 5.63. The number of aliphatic imine (C=N–C) groups is 1. The molecule has 2 heteroatoms. The van der Waals surface area contributed by atoms with Gasteiger partial charge in [0.05, 0.1) is 0 Å². The fourth-order valence-corrected chi connectivity index (χ4v) is 4.77. The highest BCUT2D eigenvalue weighted by Crippen LogP contribution is 2.43. The zero-order chi connectivity index (χ0) is 19.2. The van der Waals surface area contributed by atoms with Crippen molar-refractivity contribution < 1.29 is 0 Å². The highest BCUT2D eigenvalue weighted by atomic mass is 15.1. The summed E-state index contributed by atoms with van der Waals surface area (Å²) in [6.45, 7) is 9.37. The quantitative estimate of drug-likeness (QED) is 0.493. The Kier molecular flexibility index (Phi) is 7.29. The van der Waals surface area contributed by atoms with Crippen LogP contribution in [0.25, 0.3) is 0 Å². The minimum atomic E-state index is 0.471. The molecule has 0 spiro atoms. The first-order valence-electron chi connectivity index (χ1n) is 11.1. The maximum atomic E-state index is 4.96. The Hall–Kier alpha value is -1.41. The lowest BCUT2D eigenvalue weighted by molar-refractivity contribution is 0.290. The first-order valence-corrected chi connectivity index (χ1v) is 11.1. The Labute approximate surface area is 166 Å². The minimum absolute atomic E-state index is 0.471. The van der Waals surface area contributed by atoms with E-state index < -0.39 is 0 Å². The second-order valence-corrected chi connectivity index (χ2v) is 8.80. The number of rotatable bonds is 8. The van der Waals surface area contributed by atoms with Gasteiger partial charge >= 0.3 is 0 Å². The Morgan fingerprint density at radius 1 is 1.15 bits per heavy atom. The molecule has 1 aromatic carbocycles. The van der Waals surface area contributed by atoms with E-state index in [4.69, 9.17) is 4.99 Å². The van der Waals surface area contributed by atoms with Crippen LogP contribution < -0.4 is 0 Å². The van der Waals surface area contributed by atoms with Crippen LogP contribution in [0.1, 0.15) is 81.4 Å². The van der Waals surface area contributed by atoms with Crippen molar-refractivity contribution in [3.05, 3.63) is 46.2 Å². The average molecular weight is 367 g/mol. The summed E-state index contributed by atoms with van der Waals surface area (Å²) in [6.07, 6.45) is 12.1. The molecule has 1 heterocycles. The summed E-state index contributed by atoms with van der Waals surface area (Å²) in [4.78, 5) is 7.49. The third-order valence-corrected chi connectivity index (χ3v) is 6.47. The van der Waals surface area contributed by atoms with Gasteiger partial charge in [0.1, 0.15) is 0 Å². The second-order valence-electron chi connectivity index (χ2n) is 8.80. The predicted molar refractivity (Wildman–Crippen MR) is 118 cm³/mol. The van der Waals surface area contributed by atoms with Crippen LogP contribution in [0.2, 0.25) is 0 Å².